The van der Waals surface area contributed by atoms with Crippen LogP contribution in [0.15, 0.2) is 36.4 Å². The topological polar surface area (TPSA) is 0 Å². The third kappa shape index (κ3) is 9.20. The van der Waals surface area contributed by atoms with Gasteiger partial charge in [0.2, 0.25) is 0 Å². The van der Waals surface area contributed by atoms with Gasteiger partial charge in [0.05, 0.1) is 0 Å². The van der Waals surface area contributed by atoms with Gasteiger partial charge in [0, 0.05) is 0 Å². The molecular weight excluding hydrogens is 339 g/mol. The second-order valence-electron chi connectivity index (χ2n) is 5.04. The maximum atomic E-state index is 5.59. The summed E-state index contributed by atoms with van der Waals surface area (Å²) in [5, 5.41) is 0. The van der Waals surface area contributed by atoms with Crippen molar-refractivity contribution in [3.05, 3.63) is 58.7 Å². The van der Waals surface area contributed by atoms with Crippen LogP contribution in [0.5, 0.6) is 0 Å². The first kappa shape index (κ1) is 20.2. The normalized spacial score (nSPS) is 9.00. The Balaban J connectivity index is 0.000000272. The van der Waals surface area contributed by atoms with Gasteiger partial charge in [-0.05, 0) is 0 Å². The van der Waals surface area contributed by atoms with Crippen molar-refractivity contribution in [1.29, 1.82) is 0 Å². The number of aryl methyl sites for hydroxylation is 4. The summed E-state index contributed by atoms with van der Waals surface area (Å²) in [6, 6.07) is 12.6. The molecule has 0 unspecified atom stereocenters. The van der Waals surface area contributed by atoms with Crippen molar-refractivity contribution < 1.29 is 14.5 Å². The van der Waals surface area contributed by atoms with Crippen molar-refractivity contribution in [3.63, 3.8) is 0 Å². The molecule has 20 heavy (non-hydrogen) atoms. The Morgan fingerprint density at radius 3 is 1.20 bits per heavy atom. The molecule has 0 fully saturated rings. The Bertz CT molecular complexity index is 449. The average Bonchev–Trinajstić information content (AvgIpc) is 2.91. The Labute approximate surface area is 138 Å². The molecule has 0 bridgehead atoms. The smallest absolute Gasteiger partial charge is 0.0632 e. The van der Waals surface area contributed by atoms with E-state index < -0.39 is 14.5 Å². The van der Waals surface area contributed by atoms with Crippen LogP contribution in [0.2, 0.25) is 13.1 Å². The zero-order chi connectivity index (χ0) is 15.7. The van der Waals surface area contributed by atoms with E-state index in [1.807, 2.05) is 0 Å². The molecule has 2 aromatic carbocycles. The van der Waals surface area contributed by atoms with Crippen LogP contribution in [-0.2, 0) is 14.5 Å². The van der Waals surface area contributed by atoms with Gasteiger partial charge < -0.3 is 0 Å². The van der Waals surface area contributed by atoms with E-state index in [4.69, 9.17) is 18.6 Å². The first-order valence-electron chi connectivity index (χ1n) is 6.62. The molecule has 0 aliphatic carbocycles. The van der Waals surface area contributed by atoms with Gasteiger partial charge in [-0.15, -0.1) is 0 Å². The van der Waals surface area contributed by atoms with E-state index >= 15 is 0 Å². The molecule has 0 aliphatic heterocycles. The Kier molecular flexibility index (Phi) is 11.0. The number of halogens is 2. The zero-order valence-electron chi connectivity index (χ0n) is 13.2. The monoisotopic (exact) mass is 362 g/mol. The van der Waals surface area contributed by atoms with Gasteiger partial charge >= 0.3 is 52.4 Å². The summed E-state index contributed by atoms with van der Waals surface area (Å²) in [6.07, 6.45) is -0.254. The molecule has 0 amide bonds. The second kappa shape index (κ2) is 10.9. The summed E-state index contributed by atoms with van der Waals surface area (Å²) in [6.45, 7) is 12.8. The molecule has 0 heterocycles. The summed E-state index contributed by atoms with van der Waals surface area (Å²) < 4.78 is 0. The van der Waals surface area contributed by atoms with Gasteiger partial charge in [0.25, 0.3) is 0 Å². The average molecular weight is 363 g/mol. The molecule has 2 rings (SSSR count). The molecule has 0 aliphatic rings. The molecule has 2 aromatic rings. The van der Waals surface area contributed by atoms with Crippen molar-refractivity contribution in [2.24, 2.45) is 0 Å². The van der Waals surface area contributed by atoms with E-state index in [1.54, 1.807) is 0 Å². The van der Waals surface area contributed by atoms with E-state index in [1.165, 1.54) is 22.3 Å². The van der Waals surface area contributed by atoms with Crippen LogP contribution < -0.4 is 0 Å². The fourth-order valence-corrected chi connectivity index (χ4v) is 1.20. The molecule has 4 heteroatoms. The zero-order valence-corrected chi connectivity index (χ0v) is 17.3. The first-order valence-corrected chi connectivity index (χ1v) is 15.8. The van der Waals surface area contributed by atoms with Gasteiger partial charge in [-0.1, -0.05) is 27.7 Å². The van der Waals surface area contributed by atoms with Gasteiger partial charge in [-0.2, -0.15) is 46.5 Å². The maximum Gasteiger partial charge on any atom is -0.0632 e. The van der Waals surface area contributed by atoms with Crippen LogP contribution in [0.3, 0.4) is 0 Å². The molecule has 0 N–H and O–H groups in total. The Morgan fingerprint density at radius 1 is 0.850 bits per heavy atom. The van der Waals surface area contributed by atoms with Crippen molar-refractivity contribution in [2.75, 3.05) is 0 Å². The van der Waals surface area contributed by atoms with Gasteiger partial charge in [0.15, 0.2) is 0 Å². The van der Waals surface area contributed by atoms with Crippen molar-refractivity contribution in [3.8, 4) is 0 Å². The quantitative estimate of drug-likeness (QED) is 0.386. The van der Waals surface area contributed by atoms with Crippen LogP contribution >= 0.6 is 18.6 Å². The van der Waals surface area contributed by atoms with E-state index in [2.05, 4.69) is 77.2 Å². The standard InChI is InChI=1S/2C7H9.C2H6Si.2ClH.Ti/c2*1-6-4-3-5-7(6)2;1-3-2;;;/h2*3-5H,1-2H3;1-2H3;2*1H;/q2*-1;;;;+2/p-2. The van der Waals surface area contributed by atoms with E-state index in [-0.39, 0.29) is 6.19 Å². The molecule has 0 saturated carbocycles. The van der Waals surface area contributed by atoms with Crippen LogP contribution in [-0.4, -0.2) is 6.19 Å². The van der Waals surface area contributed by atoms with E-state index in [0.29, 0.717) is 0 Å². The second-order valence-corrected chi connectivity index (χ2v) is 21.1. The Hall–Kier alpha value is 0.211. The maximum absolute atomic E-state index is 5.59. The fraction of sp³-hybridized carbons (Fsp3) is 0.375. The largest absolute Gasteiger partial charge is 0.211 e. The predicted octanol–water partition coefficient (Wildman–Crippen LogP) is 6.21. The summed E-state index contributed by atoms with van der Waals surface area (Å²) in [5.74, 6) is 0. The fourth-order valence-electron chi connectivity index (χ4n) is 1.20. The third-order valence-electron chi connectivity index (χ3n) is 3.01. The van der Waals surface area contributed by atoms with E-state index in [0.717, 1.165) is 0 Å². The molecule has 0 nitrogen and oxygen atoms in total. The third-order valence-corrected chi connectivity index (χ3v) is 16.7. The molecule has 0 aromatic heterocycles. The summed E-state index contributed by atoms with van der Waals surface area (Å²) in [5.41, 5.74) is 5.56. The first-order chi connectivity index (χ1) is 9.25. The molecule has 0 radical (unpaired) electrons. The van der Waals surface area contributed by atoms with Crippen molar-refractivity contribution in [2.45, 2.75) is 40.8 Å². The summed E-state index contributed by atoms with van der Waals surface area (Å²) >= 11 is -1.42. The van der Waals surface area contributed by atoms with E-state index in [9.17, 15) is 0 Å². The minimum absolute atomic E-state index is 0.254. The van der Waals surface area contributed by atoms with Crippen molar-refractivity contribution >= 4 is 24.8 Å². The van der Waals surface area contributed by atoms with Gasteiger partial charge in [-0.3, -0.25) is 0 Å². The summed E-state index contributed by atoms with van der Waals surface area (Å²) in [4.78, 5) is 0. The Morgan fingerprint density at radius 2 is 1.15 bits per heavy atom. The molecule has 0 atom stereocenters. The van der Waals surface area contributed by atoms with Crippen LogP contribution in [0.25, 0.3) is 0 Å². The predicted molar refractivity (Wildman–Crippen MR) is 92.2 cm³/mol. The van der Waals surface area contributed by atoms with Crippen molar-refractivity contribution in [1.82, 2.24) is 0 Å². The molecular formula is C16H24Cl2SiTi-2. The minimum atomic E-state index is -1.42. The summed E-state index contributed by atoms with van der Waals surface area (Å²) in [7, 11) is 11.2. The van der Waals surface area contributed by atoms with Crippen LogP contribution in [0.1, 0.15) is 22.3 Å². The number of hydrogen-bond acceptors (Lipinski definition) is 0. The molecule has 0 saturated heterocycles. The molecule has 112 valence electrons. The SMILES string of the molecule is C[Si](C)=[Ti]([Cl])[Cl].Cc1cc[cH-]c1C.Cc1cc[cH-]c1C. The number of rotatable bonds is 0. The van der Waals surface area contributed by atoms with Gasteiger partial charge in [0.1, 0.15) is 0 Å². The van der Waals surface area contributed by atoms with Gasteiger partial charge in [-0.25, -0.2) is 12.1 Å². The minimum Gasteiger partial charge on any atom is -0.211 e. The van der Waals surface area contributed by atoms with Crippen LogP contribution in [0.4, 0.5) is 0 Å². The molecule has 0 spiro atoms. The van der Waals surface area contributed by atoms with Crippen LogP contribution in [0, 0.1) is 27.7 Å². The number of hydrogen-bond donors (Lipinski definition) is 0.